The number of aromatic hydroxyl groups is 3. The highest BCUT2D eigenvalue weighted by Gasteiger charge is 2.50. The van der Waals surface area contributed by atoms with Gasteiger partial charge in [0.05, 0.1) is 19.3 Å². The molecule has 4 heterocycles. The maximum atomic E-state index is 13.7. The molecular formula is C32H38O19. The largest absolute Gasteiger partial charge is 0.508 e. The molecule has 0 amide bonds. The summed E-state index contributed by atoms with van der Waals surface area (Å²) in [6.45, 7) is 0.340. The van der Waals surface area contributed by atoms with E-state index in [4.69, 9.17) is 32.8 Å². The predicted molar refractivity (Wildman–Crippen MR) is 165 cm³/mol. The Bertz CT molecular complexity index is 1730. The molecule has 19 heteroatoms. The summed E-state index contributed by atoms with van der Waals surface area (Å²) in [5.41, 5.74) is -1.05. The van der Waals surface area contributed by atoms with Crippen molar-refractivity contribution in [3.63, 3.8) is 0 Å². The van der Waals surface area contributed by atoms with Crippen LogP contribution in [0.4, 0.5) is 0 Å². The normalized spacial score (nSPS) is 37.4. The first-order chi connectivity index (χ1) is 24.2. The fourth-order valence-corrected chi connectivity index (χ4v) is 5.98. The third kappa shape index (κ3) is 7.22. The number of hydrogen-bond acceptors (Lipinski definition) is 19. The van der Waals surface area contributed by atoms with E-state index < -0.39 is 127 Å². The molecular weight excluding hydrogens is 688 g/mol. The first-order valence-electron chi connectivity index (χ1n) is 15.8. The fourth-order valence-electron chi connectivity index (χ4n) is 5.98. The van der Waals surface area contributed by atoms with E-state index in [2.05, 4.69) is 0 Å². The van der Waals surface area contributed by atoms with Crippen LogP contribution >= 0.6 is 0 Å². The molecule has 0 radical (unpaired) electrons. The van der Waals surface area contributed by atoms with Crippen molar-refractivity contribution < 1.29 is 89.0 Å². The zero-order valence-electron chi connectivity index (χ0n) is 26.6. The quantitative estimate of drug-likeness (QED) is 0.111. The molecule has 0 spiro atoms. The van der Waals surface area contributed by atoms with E-state index in [0.717, 1.165) is 12.1 Å². The zero-order chi connectivity index (χ0) is 36.9. The molecule has 0 saturated carbocycles. The van der Waals surface area contributed by atoms with Crippen LogP contribution in [-0.4, -0.2) is 155 Å². The van der Waals surface area contributed by atoms with Gasteiger partial charge in [-0.15, -0.1) is 0 Å². The van der Waals surface area contributed by atoms with Crippen LogP contribution in [0.1, 0.15) is 6.92 Å². The lowest BCUT2D eigenvalue weighted by molar-refractivity contribution is -0.351. The minimum absolute atomic E-state index is 0.127. The Morgan fingerprint density at radius 3 is 2.14 bits per heavy atom. The third-order valence-corrected chi connectivity index (χ3v) is 8.90. The number of aliphatic hydroxyl groups is 8. The summed E-state index contributed by atoms with van der Waals surface area (Å²) in [7, 11) is 0. The topological polar surface area (TPSA) is 308 Å². The highest BCUT2D eigenvalue weighted by atomic mass is 16.7. The van der Waals surface area contributed by atoms with Crippen molar-refractivity contribution in [2.75, 3.05) is 13.2 Å². The van der Waals surface area contributed by atoms with Gasteiger partial charge in [0.2, 0.25) is 17.5 Å². The predicted octanol–water partition coefficient (Wildman–Crippen LogP) is -2.93. The minimum atomic E-state index is -1.98. The van der Waals surface area contributed by atoms with Gasteiger partial charge in [-0.1, -0.05) is 0 Å². The monoisotopic (exact) mass is 726 g/mol. The Balaban J connectivity index is 1.22. The average Bonchev–Trinajstić information content (AvgIpc) is 3.09. The van der Waals surface area contributed by atoms with E-state index in [1.165, 1.54) is 31.2 Å². The summed E-state index contributed by atoms with van der Waals surface area (Å²) in [4.78, 5) is 13.7. The van der Waals surface area contributed by atoms with Gasteiger partial charge in [0.25, 0.3) is 0 Å². The lowest BCUT2D eigenvalue weighted by atomic mass is 9.98. The first-order valence-corrected chi connectivity index (χ1v) is 15.8. The number of phenolic OH excluding ortho intramolecular Hbond substituents is 3. The van der Waals surface area contributed by atoms with Crippen LogP contribution in [-0.2, 0) is 23.7 Å². The molecule has 0 bridgehead atoms. The van der Waals surface area contributed by atoms with Gasteiger partial charge in [-0.3, -0.25) is 4.79 Å². The van der Waals surface area contributed by atoms with Gasteiger partial charge in [0, 0.05) is 17.7 Å². The Labute approximate surface area is 287 Å². The molecule has 1 aromatic heterocycles. The molecule has 19 nitrogen and oxygen atoms in total. The van der Waals surface area contributed by atoms with Gasteiger partial charge < -0.3 is 89.0 Å². The zero-order valence-corrected chi connectivity index (χ0v) is 26.6. The van der Waals surface area contributed by atoms with Crippen LogP contribution in [0.2, 0.25) is 0 Å². The van der Waals surface area contributed by atoms with E-state index in [1.54, 1.807) is 0 Å². The number of rotatable bonds is 8. The summed E-state index contributed by atoms with van der Waals surface area (Å²) in [5, 5.41) is 114. The molecule has 3 saturated heterocycles. The van der Waals surface area contributed by atoms with Gasteiger partial charge in [-0.05, 0) is 31.2 Å². The van der Waals surface area contributed by atoms with Crippen molar-refractivity contribution in [2.45, 2.75) is 92.9 Å². The highest BCUT2D eigenvalue weighted by molar-refractivity contribution is 5.88. The van der Waals surface area contributed by atoms with E-state index in [9.17, 15) is 61.0 Å². The van der Waals surface area contributed by atoms with E-state index in [1.807, 2.05) is 0 Å². The van der Waals surface area contributed by atoms with Crippen molar-refractivity contribution in [3.05, 3.63) is 46.6 Å². The molecule has 51 heavy (non-hydrogen) atoms. The molecule has 14 atom stereocenters. The molecule has 3 fully saturated rings. The number of fused-ring (bicyclic) bond motifs is 1. The van der Waals surface area contributed by atoms with Crippen LogP contribution < -0.4 is 10.2 Å². The molecule has 6 rings (SSSR count). The van der Waals surface area contributed by atoms with E-state index in [0.29, 0.717) is 0 Å². The molecule has 2 aromatic carbocycles. The summed E-state index contributed by atoms with van der Waals surface area (Å²) >= 11 is 0. The average molecular weight is 727 g/mol. The standard InChI is InChI=1S/C32H38O19/c1-10-19(37)28(50-30-24(42)20(38)15(36)8-45-30)26(44)31(47-10)46-9-17-21(39)23(41)25(43)32(49-17)51-29-22(40)18-14(35)6-13(34)7-16(18)48-27(29)11-2-4-12(33)5-3-11/h2-7,10,15,17,19-21,23-26,28,30-39,41-44H,8-9H2,1H3/t10-,15+,17+,19-,20+,21-,23+,24+,25-,26-,28+,30+,31-,32-/m0/s1. The molecule has 3 aliphatic rings. The molecule has 3 aliphatic heterocycles. The number of ether oxygens (including phenoxy) is 6. The summed E-state index contributed by atoms with van der Waals surface area (Å²) in [5.74, 6) is -2.13. The summed E-state index contributed by atoms with van der Waals surface area (Å²) in [6, 6.07) is 7.23. The lowest BCUT2D eigenvalue weighted by Crippen LogP contribution is -2.63. The second kappa shape index (κ2) is 14.8. The Hall–Kier alpha value is -3.67. The lowest BCUT2D eigenvalue weighted by Gasteiger charge is -2.45. The number of phenols is 3. The van der Waals surface area contributed by atoms with Gasteiger partial charge in [0.1, 0.15) is 89.3 Å². The van der Waals surface area contributed by atoms with Crippen LogP contribution in [0.5, 0.6) is 23.0 Å². The Morgan fingerprint density at radius 1 is 0.745 bits per heavy atom. The van der Waals surface area contributed by atoms with Gasteiger partial charge >= 0.3 is 0 Å². The number of hydrogen-bond donors (Lipinski definition) is 11. The summed E-state index contributed by atoms with van der Waals surface area (Å²) < 4.78 is 39.3. The third-order valence-electron chi connectivity index (χ3n) is 8.90. The smallest absolute Gasteiger partial charge is 0.239 e. The molecule has 0 unspecified atom stereocenters. The van der Waals surface area contributed by atoms with E-state index >= 15 is 0 Å². The van der Waals surface area contributed by atoms with Crippen LogP contribution in [0.25, 0.3) is 22.3 Å². The molecule has 11 N–H and O–H groups in total. The van der Waals surface area contributed by atoms with Crippen molar-refractivity contribution in [1.82, 2.24) is 0 Å². The van der Waals surface area contributed by atoms with Crippen LogP contribution in [0, 0.1) is 0 Å². The SMILES string of the molecule is C[C@@H]1O[C@H](OC[C@H]2O[C@@H](Oc3c(-c4ccc(O)cc4)oc4cc(O)cc(O)c4c3=O)[C@@H](O)[C@H](O)[C@H]2O)[C@@H](O)[C@H](O[C@H]2OC[C@@H](O)[C@@H](O)[C@H]2O)[C@H]1O. The van der Waals surface area contributed by atoms with Crippen LogP contribution in [0.15, 0.2) is 45.6 Å². The van der Waals surface area contributed by atoms with Crippen molar-refractivity contribution in [3.8, 4) is 34.3 Å². The second-order valence-corrected chi connectivity index (χ2v) is 12.5. The maximum Gasteiger partial charge on any atom is 0.239 e. The Kier molecular flexibility index (Phi) is 10.7. The summed E-state index contributed by atoms with van der Waals surface area (Å²) in [6.07, 6.45) is -23.0. The molecule has 280 valence electrons. The molecule has 3 aromatic rings. The van der Waals surface area contributed by atoms with Gasteiger partial charge in [0.15, 0.2) is 18.3 Å². The van der Waals surface area contributed by atoms with Gasteiger partial charge in [-0.25, -0.2) is 0 Å². The Morgan fingerprint density at radius 2 is 1.43 bits per heavy atom. The number of aliphatic hydroxyl groups excluding tert-OH is 8. The van der Waals surface area contributed by atoms with Gasteiger partial charge in [-0.2, -0.15) is 0 Å². The minimum Gasteiger partial charge on any atom is -0.508 e. The molecule has 0 aliphatic carbocycles. The first kappa shape index (κ1) is 37.1. The fraction of sp³-hybridized carbons (Fsp3) is 0.531. The highest BCUT2D eigenvalue weighted by Crippen LogP contribution is 2.38. The van der Waals surface area contributed by atoms with Crippen molar-refractivity contribution >= 4 is 11.0 Å². The number of benzene rings is 2. The van der Waals surface area contributed by atoms with Crippen molar-refractivity contribution in [2.24, 2.45) is 0 Å². The van der Waals surface area contributed by atoms with Crippen LogP contribution in [0.3, 0.4) is 0 Å². The van der Waals surface area contributed by atoms with E-state index in [-0.39, 0.29) is 22.7 Å². The second-order valence-electron chi connectivity index (χ2n) is 12.5. The van der Waals surface area contributed by atoms with Crippen molar-refractivity contribution in [1.29, 1.82) is 0 Å². The maximum absolute atomic E-state index is 13.7.